The van der Waals surface area contributed by atoms with Gasteiger partial charge in [0.1, 0.15) is 16.5 Å². The van der Waals surface area contributed by atoms with Gasteiger partial charge in [0.15, 0.2) is 17.1 Å². The van der Waals surface area contributed by atoms with Gasteiger partial charge in [0.05, 0.1) is 44.3 Å². The summed E-state index contributed by atoms with van der Waals surface area (Å²) in [5.74, 6) is 0.964. The average Bonchev–Trinajstić information content (AvgIpc) is 3.28. The van der Waals surface area contributed by atoms with Gasteiger partial charge < -0.3 is 24.3 Å². The molecule has 9 nitrogen and oxygen atoms in total. The zero-order valence-electron chi connectivity index (χ0n) is 21.7. The first-order valence-corrected chi connectivity index (χ1v) is 12.5. The van der Waals surface area contributed by atoms with Crippen molar-refractivity contribution in [1.29, 1.82) is 5.26 Å². The number of hydrogen-bond donors (Lipinski definition) is 1. The highest BCUT2D eigenvalue weighted by Gasteiger charge is 2.19. The molecule has 1 amide bonds. The largest absolute Gasteiger partial charge is 0.495 e. The van der Waals surface area contributed by atoms with Crippen LogP contribution in [0.5, 0.6) is 23.0 Å². The predicted molar refractivity (Wildman–Crippen MR) is 149 cm³/mol. The van der Waals surface area contributed by atoms with E-state index < -0.39 is 11.5 Å². The molecule has 10 heteroatoms. The molecule has 0 saturated carbocycles. The van der Waals surface area contributed by atoms with Gasteiger partial charge in [-0.05, 0) is 42.5 Å². The fraction of sp³-hybridized carbons (Fsp3) is 0.138. The summed E-state index contributed by atoms with van der Waals surface area (Å²) in [4.78, 5) is 27.1. The Bertz CT molecular complexity index is 1740. The fourth-order valence-electron chi connectivity index (χ4n) is 3.97. The third kappa shape index (κ3) is 5.35. The normalized spacial score (nSPS) is 11.8. The van der Waals surface area contributed by atoms with Gasteiger partial charge in [-0.1, -0.05) is 30.3 Å². The lowest BCUT2D eigenvalue weighted by Crippen LogP contribution is -2.32. The lowest BCUT2D eigenvalue weighted by molar-refractivity contribution is -0.111. The van der Waals surface area contributed by atoms with Crippen LogP contribution in [0.2, 0.25) is 0 Å². The number of nitriles is 1. The number of carbonyl (C=O) groups excluding carboxylic acids is 1. The van der Waals surface area contributed by atoms with Gasteiger partial charge >= 0.3 is 0 Å². The molecule has 0 radical (unpaired) electrons. The number of nitrogens with one attached hydrogen (secondary N) is 1. The molecule has 0 spiro atoms. The number of benzene rings is 3. The van der Waals surface area contributed by atoms with E-state index in [1.807, 2.05) is 12.1 Å². The van der Waals surface area contributed by atoms with Crippen LogP contribution in [0.3, 0.4) is 0 Å². The predicted octanol–water partition coefficient (Wildman–Crippen LogP) is 3.08. The Morgan fingerprint density at radius 3 is 2.18 bits per heavy atom. The van der Waals surface area contributed by atoms with Gasteiger partial charge in [0.25, 0.3) is 11.5 Å². The summed E-state index contributed by atoms with van der Waals surface area (Å²) in [6.45, 7) is 0. The number of nitrogens with zero attached hydrogens (tertiary/aromatic N) is 2. The third-order valence-corrected chi connectivity index (χ3v) is 6.86. The fourth-order valence-corrected chi connectivity index (χ4v) is 5.06. The first-order chi connectivity index (χ1) is 19.0. The molecule has 1 aromatic heterocycles. The van der Waals surface area contributed by atoms with Crippen LogP contribution in [0.25, 0.3) is 17.3 Å². The molecule has 3 aromatic carbocycles. The van der Waals surface area contributed by atoms with Gasteiger partial charge in [-0.25, -0.2) is 0 Å². The number of rotatable bonds is 8. The first kappa shape index (κ1) is 27.0. The number of para-hydroxylation sites is 3. The molecule has 198 valence electrons. The van der Waals surface area contributed by atoms with Crippen molar-refractivity contribution < 1.29 is 23.7 Å². The topological polar surface area (TPSA) is 112 Å². The molecule has 0 aliphatic heterocycles. The Hall–Kier alpha value is -5.01. The van der Waals surface area contributed by atoms with Crippen molar-refractivity contribution in [3.8, 4) is 34.8 Å². The second-order valence-electron chi connectivity index (χ2n) is 7.96. The van der Waals surface area contributed by atoms with Crippen LogP contribution in [-0.4, -0.2) is 38.9 Å². The monoisotopic (exact) mass is 543 g/mol. The third-order valence-electron chi connectivity index (χ3n) is 5.77. The molecule has 0 atom stereocenters. The van der Waals surface area contributed by atoms with Gasteiger partial charge in [-0.15, -0.1) is 11.3 Å². The zero-order chi connectivity index (χ0) is 27.9. The summed E-state index contributed by atoms with van der Waals surface area (Å²) in [6, 6.07) is 21.1. The second-order valence-corrected chi connectivity index (χ2v) is 8.99. The molecule has 0 aliphatic carbocycles. The molecular weight excluding hydrogens is 518 g/mol. The zero-order valence-corrected chi connectivity index (χ0v) is 22.5. The minimum absolute atomic E-state index is 0.173. The second kappa shape index (κ2) is 12.0. The molecule has 4 aromatic rings. The van der Waals surface area contributed by atoms with E-state index in [-0.39, 0.29) is 14.8 Å². The maximum absolute atomic E-state index is 13.7. The molecule has 0 saturated heterocycles. The SMILES string of the molecule is COc1ccccc1NC(=O)/C(C#N)=c1\s/c(=C\c2ccc(OC)c(OC)c2OC)c(=O)n1-c1ccccc1. The van der Waals surface area contributed by atoms with Crippen LogP contribution in [0.15, 0.2) is 71.5 Å². The molecule has 1 N–H and O–H groups in total. The number of hydrogen-bond acceptors (Lipinski definition) is 8. The molecule has 0 unspecified atom stereocenters. The Labute approximate surface area is 228 Å². The quantitative estimate of drug-likeness (QED) is 0.364. The molecule has 4 rings (SSSR count). The van der Waals surface area contributed by atoms with Crippen LogP contribution < -0.4 is 39.0 Å². The van der Waals surface area contributed by atoms with Crippen molar-refractivity contribution in [2.75, 3.05) is 33.8 Å². The van der Waals surface area contributed by atoms with Crippen LogP contribution in [0.1, 0.15) is 5.56 Å². The van der Waals surface area contributed by atoms with E-state index in [0.29, 0.717) is 39.9 Å². The van der Waals surface area contributed by atoms with E-state index in [2.05, 4.69) is 5.32 Å². The number of carbonyl (C=O) groups is 1. The van der Waals surface area contributed by atoms with Gasteiger partial charge in [0.2, 0.25) is 5.75 Å². The summed E-state index contributed by atoms with van der Waals surface area (Å²) in [6.07, 6.45) is 1.63. The van der Waals surface area contributed by atoms with Crippen molar-refractivity contribution in [1.82, 2.24) is 4.57 Å². The number of ether oxygens (including phenoxy) is 4. The van der Waals surface area contributed by atoms with E-state index in [1.165, 1.54) is 33.0 Å². The number of amides is 1. The number of methoxy groups -OCH3 is 4. The van der Waals surface area contributed by atoms with E-state index in [4.69, 9.17) is 18.9 Å². The van der Waals surface area contributed by atoms with E-state index in [1.54, 1.807) is 66.7 Å². The van der Waals surface area contributed by atoms with Crippen molar-refractivity contribution in [2.45, 2.75) is 0 Å². The summed E-state index contributed by atoms with van der Waals surface area (Å²) >= 11 is 1.02. The number of aromatic nitrogens is 1. The van der Waals surface area contributed by atoms with Crippen molar-refractivity contribution in [3.05, 3.63) is 91.8 Å². The van der Waals surface area contributed by atoms with Gasteiger partial charge in [-0.3, -0.25) is 14.2 Å². The van der Waals surface area contributed by atoms with Gasteiger partial charge in [0, 0.05) is 5.56 Å². The highest BCUT2D eigenvalue weighted by atomic mass is 32.1. The van der Waals surface area contributed by atoms with E-state index in [9.17, 15) is 14.9 Å². The van der Waals surface area contributed by atoms with Crippen LogP contribution in [0, 0.1) is 11.3 Å². The molecular formula is C29H25N3O6S. The van der Waals surface area contributed by atoms with Gasteiger partial charge in [-0.2, -0.15) is 5.26 Å². The smallest absolute Gasteiger partial charge is 0.273 e. The summed E-state index contributed by atoms with van der Waals surface area (Å²) in [5.41, 5.74) is 0.814. The van der Waals surface area contributed by atoms with Crippen LogP contribution in [-0.2, 0) is 4.79 Å². The standard InChI is InChI=1S/C29H25N3O6S/c1-35-22-13-9-8-12-21(22)31-27(33)20(17-30)29-32(19-10-6-5-7-11-19)28(34)24(39-29)16-18-14-15-23(36-2)26(38-4)25(18)37-3/h5-16H,1-4H3,(H,31,33)/b24-16-,29-20-. The lowest BCUT2D eigenvalue weighted by Gasteiger charge is -2.13. The van der Waals surface area contributed by atoms with Crippen molar-refractivity contribution in [2.24, 2.45) is 0 Å². The van der Waals surface area contributed by atoms with Crippen LogP contribution >= 0.6 is 11.3 Å². The van der Waals surface area contributed by atoms with E-state index in [0.717, 1.165) is 11.3 Å². The first-order valence-electron chi connectivity index (χ1n) is 11.6. The molecule has 0 bridgehead atoms. The summed E-state index contributed by atoms with van der Waals surface area (Å²) < 4.78 is 23.5. The maximum Gasteiger partial charge on any atom is 0.273 e. The summed E-state index contributed by atoms with van der Waals surface area (Å²) in [7, 11) is 5.97. The Balaban J connectivity index is 1.99. The minimum atomic E-state index is -0.678. The summed E-state index contributed by atoms with van der Waals surface area (Å²) in [5, 5.41) is 12.8. The Morgan fingerprint density at radius 2 is 1.54 bits per heavy atom. The lowest BCUT2D eigenvalue weighted by atomic mass is 10.1. The van der Waals surface area contributed by atoms with E-state index >= 15 is 0 Å². The highest BCUT2D eigenvalue weighted by Crippen LogP contribution is 2.40. The average molecular weight is 544 g/mol. The minimum Gasteiger partial charge on any atom is -0.495 e. The Kier molecular flexibility index (Phi) is 8.33. The number of anilines is 1. The molecule has 39 heavy (non-hydrogen) atoms. The highest BCUT2D eigenvalue weighted by molar-refractivity contribution is 7.07. The van der Waals surface area contributed by atoms with Crippen molar-refractivity contribution >= 4 is 34.6 Å². The maximum atomic E-state index is 13.7. The van der Waals surface area contributed by atoms with Crippen molar-refractivity contribution in [3.63, 3.8) is 0 Å². The molecule has 0 aliphatic rings. The number of thiazole rings is 1. The Morgan fingerprint density at radius 1 is 0.872 bits per heavy atom. The molecule has 0 fully saturated rings. The molecule has 1 heterocycles. The van der Waals surface area contributed by atoms with Crippen LogP contribution in [0.4, 0.5) is 5.69 Å².